The third-order valence-electron chi connectivity index (χ3n) is 6.08. The van der Waals surface area contributed by atoms with E-state index >= 15 is 0 Å². The number of ether oxygens (including phenoxy) is 2. The van der Waals surface area contributed by atoms with E-state index in [0.29, 0.717) is 19.8 Å². The van der Waals surface area contributed by atoms with E-state index in [4.69, 9.17) is 14.6 Å². The Kier molecular flexibility index (Phi) is 8.23. The Bertz CT molecular complexity index is 1090. The molecule has 4 rings (SSSR count). The van der Waals surface area contributed by atoms with Crippen molar-refractivity contribution in [2.24, 2.45) is 0 Å². The lowest BCUT2D eigenvalue weighted by Crippen LogP contribution is -2.36. The lowest BCUT2D eigenvalue weighted by Gasteiger charge is -2.34. The summed E-state index contributed by atoms with van der Waals surface area (Å²) < 4.78 is 14.2. The molecule has 0 amide bonds. The summed E-state index contributed by atoms with van der Waals surface area (Å²) in [6.45, 7) is 3.80. The van der Waals surface area contributed by atoms with Crippen molar-refractivity contribution in [3.63, 3.8) is 0 Å². The summed E-state index contributed by atoms with van der Waals surface area (Å²) in [6, 6.07) is 31.1. The van der Waals surface area contributed by atoms with E-state index in [-0.39, 0.29) is 0 Å². The first kappa shape index (κ1) is 23.9. The molecule has 0 unspecified atom stereocenters. The highest BCUT2D eigenvalue weighted by atomic mass is 16.5. The summed E-state index contributed by atoms with van der Waals surface area (Å²) in [7, 11) is 1.69. The number of nitrogens with zero attached hydrogens (tertiary/aromatic N) is 3. The van der Waals surface area contributed by atoms with Gasteiger partial charge in [-0.1, -0.05) is 110 Å². The molecule has 0 aliphatic heterocycles. The van der Waals surface area contributed by atoms with Gasteiger partial charge in [-0.2, -0.15) is 0 Å². The Hall–Kier alpha value is -3.28. The average Bonchev–Trinajstić information content (AvgIpc) is 3.29. The fourth-order valence-corrected chi connectivity index (χ4v) is 4.38. The Morgan fingerprint density at radius 1 is 0.794 bits per heavy atom. The fourth-order valence-electron chi connectivity index (χ4n) is 4.38. The maximum absolute atomic E-state index is 6.77. The van der Waals surface area contributed by atoms with Crippen LogP contribution in [0.2, 0.25) is 0 Å². The summed E-state index contributed by atoms with van der Waals surface area (Å²) >= 11 is 0. The van der Waals surface area contributed by atoms with Gasteiger partial charge in [-0.25, -0.2) is 4.68 Å². The van der Waals surface area contributed by atoms with Gasteiger partial charge in [-0.15, -0.1) is 5.10 Å². The van der Waals surface area contributed by atoms with E-state index in [1.54, 1.807) is 7.11 Å². The SMILES string of the molecule is CCCCc1c(C(OCCOC)(c2ccccc2)c2ccccc2)nnn1Cc1ccccc1. The molecule has 1 aromatic heterocycles. The minimum Gasteiger partial charge on any atom is -0.382 e. The zero-order valence-corrected chi connectivity index (χ0v) is 20.1. The quantitative estimate of drug-likeness (QED) is 0.260. The highest BCUT2D eigenvalue weighted by molar-refractivity contribution is 5.46. The molecule has 0 fully saturated rings. The maximum atomic E-state index is 6.77. The normalized spacial score (nSPS) is 11.6. The third-order valence-corrected chi connectivity index (χ3v) is 6.08. The van der Waals surface area contributed by atoms with Crippen molar-refractivity contribution < 1.29 is 9.47 Å². The molecule has 0 atom stereocenters. The molecule has 3 aromatic carbocycles. The number of hydrogen-bond acceptors (Lipinski definition) is 4. The van der Waals surface area contributed by atoms with Crippen molar-refractivity contribution in [1.29, 1.82) is 0 Å². The van der Waals surface area contributed by atoms with Crippen molar-refractivity contribution in [3.8, 4) is 0 Å². The first-order valence-corrected chi connectivity index (χ1v) is 12.0. The molecule has 0 radical (unpaired) electrons. The number of aromatic nitrogens is 3. The molecule has 0 saturated carbocycles. The van der Waals surface area contributed by atoms with Crippen LogP contribution in [0.15, 0.2) is 91.0 Å². The second-order valence-electron chi connectivity index (χ2n) is 8.39. The Balaban J connectivity index is 1.91. The molecular weight excluding hydrogens is 422 g/mol. The topological polar surface area (TPSA) is 49.2 Å². The van der Waals surface area contributed by atoms with Crippen LogP contribution in [0.5, 0.6) is 0 Å². The predicted molar refractivity (Wildman–Crippen MR) is 135 cm³/mol. The van der Waals surface area contributed by atoms with Crippen molar-refractivity contribution in [2.45, 2.75) is 38.3 Å². The van der Waals surface area contributed by atoms with Gasteiger partial charge in [0.15, 0.2) is 5.60 Å². The summed E-state index contributed by atoms with van der Waals surface area (Å²) in [5, 5.41) is 9.48. The van der Waals surface area contributed by atoms with E-state index in [9.17, 15) is 0 Å². The summed E-state index contributed by atoms with van der Waals surface area (Å²) in [5.41, 5.74) is 4.32. The van der Waals surface area contributed by atoms with Crippen LogP contribution in [0.3, 0.4) is 0 Å². The van der Waals surface area contributed by atoms with Crippen LogP contribution in [0.25, 0.3) is 0 Å². The molecule has 0 bridgehead atoms. The summed E-state index contributed by atoms with van der Waals surface area (Å²) in [5.74, 6) is 0. The first-order chi connectivity index (χ1) is 16.8. The van der Waals surface area contributed by atoms with Gasteiger partial charge in [0.2, 0.25) is 0 Å². The second-order valence-corrected chi connectivity index (χ2v) is 8.39. The number of hydrogen-bond donors (Lipinski definition) is 0. The van der Waals surface area contributed by atoms with E-state index in [1.807, 2.05) is 47.1 Å². The molecule has 0 aliphatic carbocycles. The number of benzene rings is 3. The molecule has 5 heteroatoms. The Labute approximate surface area is 202 Å². The largest absolute Gasteiger partial charge is 0.382 e. The summed E-state index contributed by atoms with van der Waals surface area (Å²) in [6.07, 6.45) is 3.01. The zero-order valence-electron chi connectivity index (χ0n) is 20.1. The molecule has 0 spiro atoms. The maximum Gasteiger partial charge on any atom is 0.164 e. The predicted octanol–water partition coefficient (Wildman–Crippen LogP) is 5.62. The van der Waals surface area contributed by atoms with Crippen LogP contribution in [-0.2, 0) is 28.0 Å². The highest BCUT2D eigenvalue weighted by Crippen LogP contribution is 2.41. The van der Waals surface area contributed by atoms with Gasteiger partial charge in [0, 0.05) is 7.11 Å². The van der Waals surface area contributed by atoms with Crippen LogP contribution in [0.1, 0.15) is 47.8 Å². The second kappa shape index (κ2) is 11.7. The molecule has 0 aliphatic rings. The third kappa shape index (κ3) is 5.11. The van der Waals surface area contributed by atoms with Gasteiger partial charge in [0.05, 0.1) is 25.5 Å². The molecule has 5 nitrogen and oxygen atoms in total. The molecular formula is C29H33N3O2. The van der Waals surface area contributed by atoms with Crippen molar-refractivity contribution in [3.05, 3.63) is 119 Å². The smallest absolute Gasteiger partial charge is 0.164 e. The molecule has 1 heterocycles. The minimum absolute atomic E-state index is 0.430. The summed E-state index contributed by atoms with van der Waals surface area (Å²) in [4.78, 5) is 0. The van der Waals surface area contributed by atoms with Crippen LogP contribution >= 0.6 is 0 Å². The Morgan fingerprint density at radius 3 is 1.94 bits per heavy atom. The molecule has 4 aromatic rings. The lowest BCUT2D eigenvalue weighted by molar-refractivity contribution is -0.0177. The zero-order chi connectivity index (χ0) is 23.6. The van der Waals surface area contributed by atoms with Crippen molar-refractivity contribution in [1.82, 2.24) is 15.0 Å². The van der Waals surface area contributed by atoms with Crippen molar-refractivity contribution in [2.75, 3.05) is 20.3 Å². The molecule has 0 N–H and O–H groups in total. The van der Waals surface area contributed by atoms with Gasteiger partial charge in [-0.05, 0) is 29.5 Å². The van der Waals surface area contributed by atoms with Gasteiger partial charge in [0.25, 0.3) is 0 Å². The van der Waals surface area contributed by atoms with E-state index < -0.39 is 5.60 Å². The number of unbranched alkanes of at least 4 members (excludes halogenated alkanes) is 1. The van der Waals surface area contributed by atoms with Gasteiger partial charge in [0.1, 0.15) is 5.69 Å². The Morgan fingerprint density at radius 2 is 1.38 bits per heavy atom. The fraction of sp³-hybridized carbons (Fsp3) is 0.310. The molecule has 0 saturated heterocycles. The monoisotopic (exact) mass is 455 g/mol. The molecule has 176 valence electrons. The first-order valence-electron chi connectivity index (χ1n) is 12.0. The molecule has 34 heavy (non-hydrogen) atoms. The van der Waals surface area contributed by atoms with E-state index in [1.165, 1.54) is 5.56 Å². The number of methoxy groups -OCH3 is 1. The van der Waals surface area contributed by atoms with Gasteiger partial charge >= 0.3 is 0 Å². The average molecular weight is 456 g/mol. The highest BCUT2D eigenvalue weighted by Gasteiger charge is 2.42. The van der Waals surface area contributed by atoms with Crippen molar-refractivity contribution >= 4 is 0 Å². The van der Waals surface area contributed by atoms with Crippen LogP contribution in [0, 0.1) is 0 Å². The van der Waals surface area contributed by atoms with E-state index in [0.717, 1.165) is 41.8 Å². The van der Waals surface area contributed by atoms with Crippen LogP contribution in [0.4, 0.5) is 0 Å². The minimum atomic E-state index is -0.890. The number of rotatable bonds is 12. The van der Waals surface area contributed by atoms with Gasteiger partial charge in [-0.3, -0.25) is 0 Å². The van der Waals surface area contributed by atoms with Crippen LogP contribution in [-0.4, -0.2) is 35.3 Å². The van der Waals surface area contributed by atoms with Gasteiger partial charge < -0.3 is 9.47 Å². The standard InChI is InChI=1S/C29H33N3O2/c1-3-4-20-27-28(30-31-32(27)23-24-14-8-5-9-15-24)29(34-22-21-33-2,25-16-10-6-11-17-25)26-18-12-7-13-19-26/h5-19H,3-4,20-23H2,1-2H3. The lowest BCUT2D eigenvalue weighted by atomic mass is 9.81. The van der Waals surface area contributed by atoms with E-state index in [2.05, 4.69) is 60.7 Å². The van der Waals surface area contributed by atoms with Crippen LogP contribution < -0.4 is 0 Å².